The molecule has 2 aromatic rings. The van der Waals surface area contributed by atoms with Gasteiger partial charge in [0.15, 0.2) is 0 Å². The second kappa shape index (κ2) is 3.37. The molecule has 0 saturated heterocycles. The molecule has 0 aliphatic carbocycles. The lowest BCUT2D eigenvalue weighted by atomic mass is 10.2. The Morgan fingerprint density at radius 2 is 2.00 bits per heavy atom. The van der Waals surface area contributed by atoms with Crippen LogP contribution in [0.3, 0.4) is 0 Å². The monoisotopic (exact) mass is 175 g/mol. The van der Waals surface area contributed by atoms with Crippen LogP contribution in [0.15, 0.2) is 36.7 Å². The van der Waals surface area contributed by atoms with Gasteiger partial charge in [-0.15, -0.1) is 5.10 Å². The maximum Gasteiger partial charge on any atom is 0.0697 e. The van der Waals surface area contributed by atoms with E-state index in [9.17, 15) is 0 Å². The Labute approximate surface area is 75.4 Å². The topological polar surface area (TPSA) is 50.9 Å². The molecular weight excluding hydrogens is 166 g/mol. The van der Waals surface area contributed by atoms with Crippen LogP contribution in [-0.2, 0) is 6.61 Å². The summed E-state index contributed by atoms with van der Waals surface area (Å²) in [6.45, 7) is 0.0671. The maximum atomic E-state index is 8.82. The van der Waals surface area contributed by atoms with Gasteiger partial charge in [0.25, 0.3) is 0 Å². The van der Waals surface area contributed by atoms with Crippen LogP contribution in [0.25, 0.3) is 5.69 Å². The van der Waals surface area contributed by atoms with Gasteiger partial charge in [-0.25, -0.2) is 4.68 Å². The van der Waals surface area contributed by atoms with E-state index in [1.54, 1.807) is 17.1 Å². The molecule has 1 aromatic carbocycles. The smallest absolute Gasteiger partial charge is 0.0697 e. The average molecular weight is 175 g/mol. The largest absolute Gasteiger partial charge is 0.392 e. The Morgan fingerprint density at radius 1 is 1.23 bits per heavy atom. The molecule has 0 saturated carbocycles. The van der Waals surface area contributed by atoms with Crippen LogP contribution in [0, 0.1) is 0 Å². The van der Waals surface area contributed by atoms with Crippen molar-refractivity contribution in [2.75, 3.05) is 0 Å². The van der Waals surface area contributed by atoms with Crippen LogP contribution in [0.2, 0.25) is 0 Å². The Balaban J connectivity index is 2.33. The highest BCUT2D eigenvalue weighted by molar-refractivity contribution is 5.33. The normalized spacial score (nSPS) is 10.2. The van der Waals surface area contributed by atoms with E-state index in [1.165, 1.54) is 0 Å². The van der Waals surface area contributed by atoms with Crippen molar-refractivity contribution in [3.8, 4) is 5.69 Å². The van der Waals surface area contributed by atoms with Gasteiger partial charge >= 0.3 is 0 Å². The van der Waals surface area contributed by atoms with Crippen molar-refractivity contribution in [2.24, 2.45) is 0 Å². The number of aromatic nitrogens is 3. The second-order valence-electron chi connectivity index (χ2n) is 2.67. The minimum atomic E-state index is 0.0671. The summed E-state index contributed by atoms with van der Waals surface area (Å²) in [4.78, 5) is 0. The molecule has 0 aliphatic rings. The van der Waals surface area contributed by atoms with Gasteiger partial charge in [-0.05, 0) is 17.7 Å². The molecule has 0 amide bonds. The molecule has 0 atom stereocenters. The summed E-state index contributed by atoms with van der Waals surface area (Å²) in [6, 6.07) is 7.49. The molecule has 4 nitrogen and oxygen atoms in total. The molecule has 2 rings (SSSR count). The highest BCUT2D eigenvalue weighted by Crippen LogP contribution is 2.07. The highest BCUT2D eigenvalue weighted by Gasteiger charge is 1.95. The molecule has 0 radical (unpaired) electrons. The Bertz CT molecular complexity index is 366. The average Bonchev–Trinajstić information content (AvgIpc) is 2.71. The van der Waals surface area contributed by atoms with Gasteiger partial charge < -0.3 is 5.11 Å². The van der Waals surface area contributed by atoms with Gasteiger partial charge in [0.2, 0.25) is 0 Å². The van der Waals surface area contributed by atoms with Crippen molar-refractivity contribution in [3.63, 3.8) is 0 Å². The van der Waals surface area contributed by atoms with E-state index in [0.717, 1.165) is 11.3 Å². The van der Waals surface area contributed by atoms with Crippen molar-refractivity contribution in [1.82, 2.24) is 15.0 Å². The van der Waals surface area contributed by atoms with Crippen molar-refractivity contribution >= 4 is 0 Å². The zero-order chi connectivity index (χ0) is 9.10. The number of rotatable bonds is 2. The van der Waals surface area contributed by atoms with E-state index in [1.807, 2.05) is 24.3 Å². The number of nitrogens with zero attached hydrogens (tertiary/aromatic N) is 3. The standard InChI is InChI=1S/C9H9N3O/c13-7-8-1-3-9(4-2-8)12-6-5-10-11-12/h1-6,13H,7H2. The van der Waals surface area contributed by atoms with E-state index in [2.05, 4.69) is 10.3 Å². The van der Waals surface area contributed by atoms with Crippen LogP contribution in [0.1, 0.15) is 5.56 Å². The molecule has 13 heavy (non-hydrogen) atoms. The molecule has 4 heteroatoms. The third-order valence-electron chi connectivity index (χ3n) is 1.81. The van der Waals surface area contributed by atoms with Gasteiger partial charge in [0.05, 0.1) is 24.7 Å². The van der Waals surface area contributed by atoms with Crippen LogP contribution in [-0.4, -0.2) is 20.1 Å². The number of aliphatic hydroxyl groups excluding tert-OH is 1. The first kappa shape index (κ1) is 7.94. The Morgan fingerprint density at radius 3 is 2.54 bits per heavy atom. The van der Waals surface area contributed by atoms with E-state index in [0.29, 0.717) is 0 Å². The quantitative estimate of drug-likeness (QED) is 0.733. The number of aliphatic hydroxyl groups is 1. The number of hydrogen-bond acceptors (Lipinski definition) is 3. The lowest BCUT2D eigenvalue weighted by Gasteiger charge is -2.00. The fourth-order valence-corrected chi connectivity index (χ4v) is 1.10. The van der Waals surface area contributed by atoms with E-state index in [4.69, 9.17) is 5.11 Å². The lowest BCUT2D eigenvalue weighted by molar-refractivity contribution is 0.282. The highest BCUT2D eigenvalue weighted by atomic mass is 16.3. The first-order valence-electron chi connectivity index (χ1n) is 3.96. The predicted molar refractivity (Wildman–Crippen MR) is 47.3 cm³/mol. The Hall–Kier alpha value is -1.68. The number of hydrogen-bond donors (Lipinski definition) is 1. The minimum Gasteiger partial charge on any atom is -0.392 e. The summed E-state index contributed by atoms with van der Waals surface area (Å²) in [5.41, 5.74) is 1.83. The first-order valence-corrected chi connectivity index (χ1v) is 3.96. The zero-order valence-corrected chi connectivity index (χ0v) is 6.96. The summed E-state index contributed by atoms with van der Waals surface area (Å²) < 4.78 is 1.67. The molecule has 0 unspecified atom stereocenters. The zero-order valence-electron chi connectivity index (χ0n) is 6.96. The SMILES string of the molecule is OCc1ccc(-n2ccnn2)cc1. The molecule has 0 fully saturated rings. The molecule has 1 heterocycles. The summed E-state index contributed by atoms with van der Waals surface area (Å²) in [5.74, 6) is 0. The van der Waals surface area contributed by atoms with Gasteiger partial charge in [-0.3, -0.25) is 0 Å². The molecular formula is C9H9N3O. The molecule has 1 aromatic heterocycles. The van der Waals surface area contributed by atoms with E-state index < -0.39 is 0 Å². The lowest BCUT2D eigenvalue weighted by Crippen LogP contribution is -1.95. The van der Waals surface area contributed by atoms with Gasteiger partial charge in [-0.1, -0.05) is 17.3 Å². The predicted octanol–water partition coefficient (Wildman–Crippen LogP) is 0.760. The summed E-state index contributed by atoms with van der Waals surface area (Å²) in [7, 11) is 0. The van der Waals surface area contributed by atoms with Crippen molar-refractivity contribution in [2.45, 2.75) is 6.61 Å². The van der Waals surface area contributed by atoms with Gasteiger partial charge in [0.1, 0.15) is 0 Å². The molecule has 66 valence electrons. The summed E-state index contributed by atoms with van der Waals surface area (Å²) in [5, 5.41) is 16.4. The molecule has 0 bridgehead atoms. The molecule has 1 N–H and O–H groups in total. The van der Waals surface area contributed by atoms with Gasteiger partial charge in [0, 0.05) is 0 Å². The van der Waals surface area contributed by atoms with Crippen LogP contribution in [0.4, 0.5) is 0 Å². The fourth-order valence-electron chi connectivity index (χ4n) is 1.10. The summed E-state index contributed by atoms with van der Waals surface area (Å²) >= 11 is 0. The van der Waals surface area contributed by atoms with Crippen molar-refractivity contribution in [3.05, 3.63) is 42.2 Å². The van der Waals surface area contributed by atoms with Crippen molar-refractivity contribution < 1.29 is 5.11 Å². The fraction of sp³-hybridized carbons (Fsp3) is 0.111. The Kier molecular flexibility index (Phi) is 2.06. The van der Waals surface area contributed by atoms with Crippen molar-refractivity contribution in [1.29, 1.82) is 0 Å². The van der Waals surface area contributed by atoms with E-state index in [-0.39, 0.29) is 6.61 Å². The third-order valence-corrected chi connectivity index (χ3v) is 1.81. The minimum absolute atomic E-state index is 0.0671. The van der Waals surface area contributed by atoms with Crippen LogP contribution >= 0.6 is 0 Å². The maximum absolute atomic E-state index is 8.82. The first-order chi connectivity index (χ1) is 6.40. The molecule has 0 spiro atoms. The van der Waals surface area contributed by atoms with Crippen LogP contribution in [0.5, 0.6) is 0 Å². The molecule has 0 aliphatic heterocycles. The van der Waals surface area contributed by atoms with Gasteiger partial charge in [-0.2, -0.15) is 0 Å². The second-order valence-corrected chi connectivity index (χ2v) is 2.67. The summed E-state index contributed by atoms with van der Waals surface area (Å²) in [6.07, 6.45) is 3.40. The van der Waals surface area contributed by atoms with Crippen LogP contribution < -0.4 is 0 Å². The number of benzene rings is 1. The van der Waals surface area contributed by atoms with E-state index >= 15 is 0 Å². The third kappa shape index (κ3) is 1.57.